The first-order valence-corrected chi connectivity index (χ1v) is 5.07. The summed E-state index contributed by atoms with van der Waals surface area (Å²) in [6, 6.07) is -3.86. The third-order valence-corrected chi connectivity index (χ3v) is 1.95. The predicted octanol–water partition coefficient (Wildman–Crippen LogP) is 0.460. The highest BCUT2D eigenvalue weighted by Crippen LogP contribution is 2.21. The smallest absolute Gasteiger partial charge is 0.391 e. The Morgan fingerprint density at radius 1 is 1.22 bits per heavy atom. The molecule has 0 saturated heterocycles. The minimum absolute atomic E-state index is 1.08. The number of carbonyl (C=O) groups excluding carboxylic acids is 1. The summed E-state index contributed by atoms with van der Waals surface area (Å²) in [7, 11) is 0. The second kappa shape index (κ2) is 6.43. The number of halogens is 3. The maximum Gasteiger partial charge on any atom is 0.391 e. The van der Waals surface area contributed by atoms with Gasteiger partial charge in [-0.15, -0.1) is 0 Å². The van der Waals surface area contributed by atoms with Gasteiger partial charge in [0.15, 0.2) is 6.04 Å². The van der Waals surface area contributed by atoms with Crippen LogP contribution in [0.1, 0.15) is 20.3 Å². The van der Waals surface area contributed by atoms with E-state index in [9.17, 15) is 22.8 Å². The highest BCUT2D eigenvalue weighted by atomic mass is 19.4. The lowest BCUT2D eigenvalue weighted by Crippen LogP contribution is -2.53. The molecule has 3 atom stereocenters. The number of amides is 2. The average Bonchev–Trinajstić information content (AvgIpc) is 2.09. The summed E-state index contributed by atoms with van der Waals surface area (Å²) in [6.07, 6.45) is -7.03. The highest BCUT2D eigenvalue weighted by Gasteiger charge is 2.31. The second-order valence-corrected chi connectivity index (χ2v) is 3.89. The van der Waals surface area contributed by atoms with E-state index in [1.165, 1.54) is 0 Å². The molecule has 18 heavy (non-hydrogen) atoms. The largest absolute Gasteiger partial charge is 0.480 e. The fourth-order valence-electron chi connectivity index (χ4n) is 1.19. The lowest BCUT2D eigenvalue weighted by atomic mass is 10.2. The van der Waals surface area contributed by atoms with Crippen LogP contribution in [0.5, 0.6) is 0 Å². The van der Waals surface area contributed by atoms with Crippen molar-refractivity contribution in [1.29, 1.82) is 0 Å². The van der Waals surface area contributed by atoms with E-state index in [1.807, 2.05) is 10.6 Å². The average molecular weight is 272 g/mol. The maximum atomic E-state index is 12.0. The van der Waals surface area contributed by atoms with E-state index >= 15 is 0 Å². The molecule has 2 amide bonds. The van der Waals surface area contributed by atoms with E-state index in [4.69, 9.17) is 10.2 Å². The van der Waals surface area contributed by atoms with Crippen molar-refractivity contribution in [3.63, 3.8) is 0 Å². The summed E-state index contributed by atoms with van der Waals surface area (Å²) in [4.78, 5) is 21.8. The first-order valence-electron chi connectivity index (χ1n) is 5.07. The van der Waals surface area contributed by atoms with Gasteiger partial charge in [0.1, 0.15) is 0 Å². The van der Waals surface area contributed by atoms with Gasteiger partial charge in [0.25, 0.3) is 0 Å². The number of aliphatic hydroxyl groups is 1. The number of alkyl halides is 3. The van der Waals surface area contributed by atoms with Crippen molar-refractivity contribution in [3.05, 3.63) is 0 Å². The summed E-state index contributed by atoms with van der Waals surface area (Å²) in [5.74, 6) is -1.48. The molecule has 0 fully saturated rings. The number of hydrogen-bond donors (Lipinski definition) is 4. The monoisotopic (exact) mass is 272 g/mol. The van der Waals surface area contributed by atoms with E-state index in [0.29, 0.717) is 0 Å². The summed E-state index contributed by atoms with van der Waals surface area (Å²) in [5.41, 5.74) is 0. The molecule has 4 N–H and O–H groups in total. The highest BCUT2D eigenvalue weighted by molar-refractivity contribution is 5.83. The number of carbonyl (C=O) groups is 2. The molecule has 0 rings (SSSR count). The molecule has 0 aliphatic carbocycles. The number of rotatable bonds is 5. The Labute approximate surface area is 101 Å². The van der Waals surface area contributed by atoms with Crippen LogP contribution in [-0.4, -0.2) is 46.6 Å². The van der Waals surface area contributed by atoms with Crippen molar-refractivity contribution < 1.29 is 33.0 Å². The molecule has 0 aromatic rings. The Morgan fingerprint density at radius 3 is 2.06 bits per heavy atom. The van der Waals surface area contributed by atoms with Crippen LogP contribution < -0.4 is 10.6 Å². The van der Waals surface area contributed by atoms with Crippen LogP contribution in [0.4, 0.5) is 18.0 Å². The maximum absolute atomic E-state index is 12.0. The topological polar surface area (TPSA) is 98.7 Å². The van der Waals surface area contributed by atoms with Crippen LogP contribution in [-0.2, 0) is 4.79 Å². The van der Waals surface area contributed by atoms with E-state index in [0.717, 1.165) is 13.8 Å². The number of hydrogen-bond acceptors (Lipinski definition) is 3. The Kier molecular flexibility index (Phi) is 5.89. The quantitative estimate of drug-likeness (QED) is 0.584. The molecule has 0 aliphatic heterocycles. The fraction of sp³-hybridized carbons (Fsp3) is 0.778. The molecule has 0 aliphatic rings. The third-order valence-electron chi connectivity index (χ3n) is 1.95. The SMILES string of the molecule is CC(CC(F)(F)F)NC(=O)N[C@H](C(=O)O)[C@@H](C)O. The van der Waals surface area contributed by atoms with E-state index in [-0.39, 0.29) is 0 Å². The molecule has 0 radical (unpaired) electrons. The zero-order valence-corrected chi connectivity index (χ0v) is 9.78. The van der Waals surface area contributed by atoms with Crippen LogP contribution in [0.3, 0.4) is 0 Å². The fourth-order valence-corrected chi connectivity index (χ4v) is 1.19. The number of nitrogens with one attached hydrogen (secondary N) is 2. The molecule has 106 valence electrons. The first-order chi connectivity index (χ1) is 8.03. The second-order valence-electron chi connectivity index (χ2n) is 3.89. The predicted molar refractivity (Wildman–Crippen MR) is 54.9 cm³/mol. The number of carboxylic acid groups (broad SMARTS) is 1. The van der Waals surface area contributed by atoms with Crippen molar-refractivity contribution in [2.45, 2.75) is 44.6 Å². The van der Waals surface area contributed by atoms with Crippen LogP contribution in [0.25, 0.3) is 0 Å². The molecular weight excluding hydrogens is 257 g/mol. The molecule has 0 bridgehead atoms. The third kappa shape index (κ3) is 6.94. The molecule has 1 unspecified atom stereocenters. The van der Waals surface area contributed by atoms with Crippen molar-refractivity contribution in [2.75, 3.05) is 0 Å². The zero-order valence-electron chi connectivity index (χ0n) is 9.78. The number of aliphatic carboxylic acids is 1. The Bertz CT molecular complexity index is 307. The van der Waals surface area contributed by atoms with E-state index < -0.39 is 42.8 Å². The lowest BCUT2D eigenvalue weighted by molar-refractivity contribution is -0.142. The first kappa shape index (κ1) is 16.5. The summed E-state index contributed by atoms with van der Waals surface area (Å²) >= 11 is 0. The molecule has 0 saturated carbocycles. The van der Waals surface area contributed by atoms with Crippen LogP contribution in [0.15, 0.2) is 0 Å². The van der Waals surface area contributed by atoms with Gasteiger partial charge in [-0.1, -0.05) is 0 Å². The molecule has 0 heterocycles. The van der Waals surface area contributed by atoms with Gasteiger partial charge in [0, 0.05) is 6.04 Å². The summed E-state index contributed by atoms with van der Waals surface area (Å²) in [6.45, 7) is 2.27. The summed E-state index contributed by atoms with van der Waals surface area (Å²) < 4.78 is 35.9. The van der Waals surface area contributed by atoms with Gasteiger partial charge < -0.3 is 20.8 Å². The van der Waals surface area contributed by atoms with Crippen molar-refractivity contribution >= 4 is 12.0 Å². The molecule has 0 aromatic carbocycles. The van der Waals surface area contributed by atoms with Gasteiger partial charge in [0.05, 0.1) is 12.5 Å². The van der Waals surface area contributed by atoms with Gasteiger partial charge in [-0.25, -0.2) is 9.59 Å². The standard InChI is InChI=1S/C9H15F3N2O4/c1-4(3-9(10,11)12)13-8(18)14-6(5(2)15)7(16)17/h4-6,15H,3H2,1-2H3,(H,16,17)(H2,13,14,18)/t4?,5-,6+/m1/s1. The van der Waals surface area contributed by atoms with Crippen molar-refractivity contribution in [2.24, 2.45) is 0 Å². The van der Waals surface area contributed by atoms with Crippen LogP contribution in [0.2, 0.25) is 0 Å². The Balaban J connectivity index is 4.29. The molecule has 6 nitrogen and oxygen atoms in total. The van der Waals surface area contributed by atoms with E-state index in [1.54, 1.807) is 0 Å². The molecule has 9 heteroatoms. The van der Waals surface area contributed by atoms with Gasteiger partial charge >= 0.3 is 18.2 Å². The van der Waals surface area contributed by atoms with E-state index in [2.05, 4.69) is 0 Å². The van der Waals surface area contributed by atoms with Gasteiger partial charge in [0.2, 0.25) is 0 Å². The number of urea groups is 1. The molecule has 0 spiro atoms. The minimum atomic E-state index is -4.43. The number of aliphatic hydroxyl groups excluding tert-OH is 1. The minimum Gasteiger partial charge on any atom is -0.480 e. The lowest BCUT2D eigenvalue weighted by Gasteiger charge is -2.20. The summed E-state index contributed by atoms with van der Waals surface area (Å²) in [5, 5.41) is 21.5. The normalized spacial score (nSPS) is 16.6. The van der Waals surface area contributed by atoms with Crippen molar-refractivity contribution in [1.82, 2.24) is 10.6 Å². The van der Waals surface area contributed by atoms with Gasteiger partial charge in [-0.3, -0.25) is 0 Å². The zero-order chi connectivity index (χ0) is 14.5. The Morgan fingerprint density at radius 2 is 1.72 bits per heavy atom. The van der Waals surface area contributed by atoms with Crippen LogP contribution in [0, 0.1) is 0 Å². The number of carboxylic acids is 1. The van der Waals surface area contributed by atoms with Crippen molar-refractivity contribution in [3.8, 4) is 0 Å². The molecule has 0 aromatic heterocycles. The Hall–Kier alpha value is -1.51. The molecular formula is C9H15F3N2O4. The van der Waals surface area contributed by atoms with Gasteiger partial charge in [-0.05, 0) is 13.8 Å². The van der Waals surface area contributed by atoms with Gasteiger partial charge in [-0.2, -0.15) is 13.2 Å². The van der Waals surface area contributed by atoms with Crippen LogP contribution >= 0.6 is 0 Å².